The van der Waals surface area contributed by atoms with Crippen LogP contribution < -0.4 is 9.62 Å². The third kappa shape index (κ3) is 7.63. The smallest absolute Gasteiger partial charge is 0.264 e. The van der Waals surface area contributed by atoms with Gasteiger partial charge in [0.2, 0.25) is 11.8 Å². The number of carbonyl (C=O) groups excluding carboxylic acids is 2. The minimum absolute atomic E-state index is 0.0443. The summed E-state index contributed by atoms with van der Waals surface area (Å²) in [6, 6.07) is 27.6. The highest BCUT2D eigenvalue weighted by atomic mass is 35.5. The molecule has 0 unspecified atom stereocenters. The van der Waals surface area contributed by atoms with Crippen LogP contribution in [0.3, 0.4) is 0 Å². The standard InChI is InChI=1S/C34H36ClN3O4S/c1-24-14-18-30(19-15-24)43(41,42)38(31-21-29(35)17-16-26(31)3)23-33(39)37(22-28-13-9-8-10-25(28)2)32(34(40)36-4)20-27-11-6-5-7-12-27/h5-19,21,32H,20,22-23H2,1-4H3,(H,36,40)/t32-/m1/s1. The van der Waals surface area contributed by atoms with E-state index in [9.17, 15) is 18.0 Å². The number of anilines is 1. The normalized spacial score (nSPS) is 11.9. The van der Waals surface area contributed by atoms with Gasteiger partial charge < -0.3 is 10.2 Å². The van der Waals surface area contributed by atoms with Crippen LogP contribution in [0, 0.1) is 20.8 Å². The van der Waals surface area contributed by atoms with Gasteiger partial charge in [0.05, 0.1) is 10.6 Å². The van der Waals surface area contributed by atoms with Crippen LogP contribution in [0.2, 0.25) is 5.02 Å². The molecule has 0 saturated carbocycles. The van der Waals surface area contributed by atoms with E-state index < -0.39 is 28.5 Å². The lowest BCUT2D eigenvalue weighted by Gasteiger charge is -2.34. The lowest BCUT2D eigenvalue weighted by Crippen LogP contribution is -2.53. The summed E-state index contributed by atoms with van der Waals surface area (Å²) in [5.41, 5.74) is 4.49. The lowest BCUT2D eigenvalue weighted by molar-refractivity contribution is -0.139. The Morgan fingerprint density at radius 2 is 1.49 bits per heavy atom. The van der Waals surface area contributed by atoms with E-state index in [1.54, 1.807) is 37.3 Å². The van der Waals surface area contributed by atoms with Crippen LogP contribution in [-0.2, 0) is 32.6 Å². The summed E-state index contributed by atoms with van der Waals surface area (Å²) in [5.74, 6) is -0.875. The Kier molecular flexibility index (Phi) is 10.3. The first-order valence-electron chi connectivity index (χ1n) is 14.0. The van der Waals surface area contributed by atoms with Crippen LogP contribution in [0.15, 0.2) is 102 Å². The molecule has 224 valence electrons. The second kappa shape index (κ2) is 13.9. The van der Waals surface area contributed by atoms with Gasteiger partial charge in [-0.25, -0.2) is 8.42 Å². The van der Waals surface area contributed by atoms with Gasteiger partial charge in [-0.2, -0.15) is 0 Å². The van der Waals surface area contributed by atoms with Gasteiger partial charge in [0.25, 0.3) is 10.0 Å². The second-order valence-electron chi connectivity index (χ2n) is 10.5. The van der Waals surface area contributed by atoms with Crippen molar-refractivity contribution in [2.45, 2.75) is 44.7 Å². The molecule has 0 aliphatic heterocycles. The summed E-state index contributed by atoms with van der Waals surface area (Å²) in [4.78, 5) is 29.3. The molecular weight excluding hydrogens is 582 g/mol. The van der Waals surface area contributed by atoms with Gasteiger partial charge in [-0.1, -0.05) is 90.0 Å². The Hall–Kier alpha value is -4.14. The number of halogens is 1. The summed E-state index contributed by atoms with van der Waals surface area (Å²) < 4.78 is 29.4. The molecule has 0 radical (unpaired) electrons. The number of amides is 2. The van der Waals surface area contributed by atoms with E-state index in [1.165, 1.54) is 24.1 Å². The number of aryl methyl sites for hydroxylation is 3. The van der Waals surface area contributed by atoms with Crippen LogP contribution in [0.25, 0.3) is 0 Å². The van der Waals surface area contributed by atoms with E-state index in [4.69, 9.17) is 11.6 Å². The molecule has 0 aliphatic carbocycles. The number of nitrogens with one attached hydrogen (secondary N) is 1. The van der Waals surface area contributed by atoms with E-state index in [0.29, 0.717) is 10.6 Å². The first-order chi connectivity index (χ1) is 20.5. The number of likely N-dealkylation sites (N-methyl/N-ethyl adjacent to an activating group) is 1. The molecule has 0 saturated heterocycles. The molecule has 0 aromatic heterocycles. The van der Waals surface area contributed by atoms with Gasteiger partial charge in [-0.3, -0.25) is 13.9 Å². The van der Waals surface area contributed by atoms with Crippen LogP contribution in [0.1, 0.15) is 27.8 Å². The number of carbonyl (C=O) groups is 2. The number of benzene rings is 4. The van der Waals surface area contributed by atoms with Crippen molar-refractivity contribution in [2.24, 2.45) is 0 Å². The number of hydrogen-bond acceptors (Lipinski definition) is 4. The van der Waals surface area contributed by atoms with Crippen LogP contribution >= 0.6 is 11.6 Å². The van der Waals surface area contributed by atoms with Gasteiger partial charge in [-0.15, -0.1) is 0 Å². The second-order valence-corrected chi connectivity index (χ2v) is 12.8. The molecule has 0 aliphatic rings. The molecule has 0 bridgehead atoms. The largest absolute Gasteiger partial charge is 0.357 e. The van der Waals surface area contributed by atoms with Crippen LogP contribution in [0.4, 0.5) is 5.69 Å². The zero-order valence-corrected chi connectivity index (χ0v) is 26.3. The maximum absolute atomic E-state index is 14.4. The predicted molar refractivity (Wildman–Crippen MR) is 172 cm³/mol. The molecule has 2 amide bonds. The van der Waals surface area contributed by atoms with Crippen molar-refractivity contribution in [3.05, 3.63) is 130 Å². The minimum Gasteiger partial charge on any atom is -0.357 e. The van der Waals surface area contributed by atoms with Crippen LogP contribution in [-0.4, -0.2) is 44.8 Å². The van der Waals surface area contributed by atoms with E-state index >= 15 is 0 Å². The number of rotatable bonds is 11. The fourth-order valence-corrected chi connectivity index (χ4v) is 6.53. The van der Waals surface area contributed by atoms with Crippen molar-refractivity contribution >= 4 is 39.1 Å². The molecule has 4 aromatic carbocycles. The van der Waals surface area contributed by atoms with Gasteiger partial charge in [0.15, 0.2) is 0 Å². The minimum atomic E-state index is -4.20. The van der Waals surface area contributed by atoms with Gasteiger partial charge in [0, 0.05) is 25.0 Å². The van der Waals surface area contributed by atoms with E-state index in [1.807, 2.05) is 68.4 Å². The summed E-state index contributed by atoms with van der Waals surface area (Å²) in [6.45, 7) is 5.15. The maximum Gasteiger partial charge on any atom is 0.264 e. The third-order valence-electron chi connectivity index (χ3n) is 7.45. The Morgan fingerprint density at radius 3 is 2.14 bits per heavy atom. The molecule has 4 rings (SSSR count). The number of nitrogens with zero attached hydrogens (tertiary/aromatic N) is 2. The SMILES string of the molecule is CNC(=O)[C@@H](Cc1ccccc1)N(Cc1ccccc1C)C(=O)CN(c1cc(Cl)ccc1C)S(=O)(=O)c1ccc(C)cc1. The molecule has 1 N–H and O–H groups in total. The zero-order valence-electron chi connectivity index (χ0n) is 24.7. The van der Waals surface area contributed by atoms with Crippen molar-refractivity contribution in [1.82, 2.24) is 10.2 Å². The quantitative estimate of drug-likeness (QED) is 0.229. The highest BCUT2D eigenvalue weighted by molar-refractivity contribution is 7.92. The highest BCUT2D eigenvalue weighted by Crippen LogP contribution is 2.30. The van der Waals surface area contributed by atoms with E-state index in [-0.39, 0.29) is 29.5 Å². The Labute approximate surface area is 259 Å². The molecule has 9 heteroatoms. The van der Waals surface area contributed by atoms with Crippen molar-refractivity contribution in [1.29, 1.82) is 0 Å². The topological polar surface area (TPSA) is 86.8 Å². The molecule has 43 heavy (non-hydrogen) atoms. The van der Waals surface area contributed by atoms with Crippen LogP contribution in [0.5, 0.6) is 0 Å². The fourth-order valence-electron chi connectivity index (χ4n) is 4.89. The van der Waals surface area contributed by atoms with Crippen molar-refractivity contribution in [3.63, 3.8) is 0 Å². The monoisotopic (exact) mass is 617 g/mol. The maximum atomic E-state index is 14.4. The molecule has 4 aromatic rings. The van der Waals surface area contributed by atoms with E-state index in [2.05, 4.69) is 5.32 Å². The van der Waals surface area contributed by atoms with Gasteiger partial charge >= 0.3 is 0 Å². The summed E-state index contributed by atoms with van der Waals surface area (Å²) in [7, 11) is -2.68. The fraction of sp³-hybridized carbons (Fsp3) is 0.235. The molecular formula is C34H36ClN3O4S. The molecule has 0 fully saturated rings. The van der Waals surface area contributed by atoms with Crippen molar-refractivity contribution < 1.29 is 18.0 Å². The lowest BCUT2D eigenvalue weighted by atomic mass is 10.0. The number of sulfonamides is 1. The van der Waals surface area contributed by atoms with E-state index in [0.717, 1.165) is 26.6 Å². The zero-order chi connectivity index (χ0) is 31.1. The predicted octanol–water partition coefficient (Wildman–Crippen LogP) is 5.85. The Balaban J connectivity index is 1.83. The highest BCUT2D eigenvalue weighted by Gasteiger charge is 2.35. The Bertz CT molecular complexity index is 1690. The first-order valence-corrected chi connectivity index (χ1v) is 15.8. The number of hydrogen-bond donors (Lipinski definition) is 1. The first kappa shape index (κ1) is 31.8. The summed E-state index contributed by atoms with van der Waals surface area (Å²) >= 11 is 6.33. The molecule has 0 heterocycles. The van der Waals surface area contributed by atoms with Gasteiger partial charge in [0.1, 0.15) is 12.6 Å². The van der Waals surface area contributed by atoms with Crippen molar-refractivity contribution in [3.8, 4) is 0 Å². The molecule has 1 atom stereocenters. The molecule has 7 nitrogen and oxygen atoms in total. The summed E-state index contributed by atoms with van der Waals surface area (Å²) in [5, 5.41) is 3.04. The Morgan fingerprint density at radius 1 is 0.837 bits per heavy atom. The summed E-state index contributed by atoms with van der Waals surface area (Å²) in [6.07, 6.45) is 0.249. The van der Waals surface area contributed by atoms with Crippen molar-refractivity contribution in [2.75, 3.05) is 17.9 Å². The van der Waals surface area contributed by atoms with Gasteiger partial charge in [-0.05, 0) is 67.3 Å². The average molecular weight is 618 g/mol. The molecule has 0 spiro atoms. The average Bonchev–Trinajstić information content (AvgIpc) is 3.00. The third-order valence-corrected chi connectivity index (χ3v) is 9.46.